The molecular formula is C62H42N6OPt-2. The Hall–Kier alpha value is -8.51. The molecular weight excluding hydrogens is 1040 g/mol. The van der Waals surface area contributed by atoms with Crippen LogP contribution in [0.2, 0.25) is 0 Å². The second-order valence-electron chi connectivity index (χ2n) is 16.9. The van der Waals surface area contributed by atoms with Crippen LogP contribution in [0.1, 0.15) is 13.7 Å². The molecule has 338 valence electrons. The Morgan fingerprint density at radius 2 is 1.06 bits per heavy atom. The second kappa shape index (κ2) is 16.9. The molecule has 7 nitrogen and oxygen atoms in total. The van der Waals surface area contributed by atoms with Gasteiger partial charge in [-0.2, -0.15) is 0 Å². The second-order valence-corrected chi connectivity index (χ2v) is 17.9. The number of rotatable bonds is 9. The summed E-state index contributed by atoms with van der Waals surface area (Å²) in [6.07, 6.45) is 1.79. The number of nitrogens with zero attached hydrogens (tertiary/aromatic N) is 6. The summed E-state index contributed by atoms with van der Waals surface area (Å²) in [5.41, 5.74) is 6.66. The molecule has 70 heavy (non-hydrogen) atoms. The van der Waals surface area contributed by atoms with Gasteiger partial charge in [0.1, 0.15) is 0 Å². The fraction of sp³-hybridized carbons (Fsp3) is 0.0323. The van der Waals surface area contributed by atoms with Crippen molar-refractivity contribution in [1.82, 2.24) is 23.3 Å². The SMILES string of the molecule is [2H]c1c([2H])c([2H])c(-c2cc(-n3c4ccccc4c4ccccc43)cc(-c3c([2H])c([2H])c([2H])c([2H])c3[2H])c2-n2[c](=[Pt])n(-c3[c-]c(Oc4[c-]c5c(cc4)c4ccccc4n5-c4cc(N(C)C)ccn4)ccc3)c3ccccc32)c([2H])c1[2H]. The van der Waals surface area contributed by atoms with E-state index >= 15 is 0 Å². The Kier molecular flexibility index (Phi) is 7.80. The van der Waals surface area contributed by atoms with Gasteiger partial charge in [-0.25, -0.2) is 0 Å². The van der Waals surface area contributed by atoms with Crippen molar-refractivity contribution in [3.8, 4) is 56.6 Å². The zero-order valence-electron chi connectivity index (χ0n) is 47.4. The molecule has 13 rings (SSSR count). The molecule has 0 saturated heterocycles. The minimum atomic E-state index is -0.585. The number of anilines is 1. The Balaban J connectivity index is 1.07. The van der Waals surface area contributed by atoms with Gasteiger partial charge in [0.15, 0.2) is 0 Å². The van der Waals surface area contributed by atoms with Gasteiger partial charge in [-0.15, -0.1) is 0 Å². The zero-order chi connectivity index (χ0) is 55.6. The predicted octanol–water partition coefficient (Wildman–Crippen LogP) is 14.9. The number of imidazole rings is 1. The first kappa shape index (κ1) is 32.3. The summed E-state index contributed by atoms with van der Waals surface area (Å²) >= 11 is 2.18. The first-order valence-corrected chi connectivity index (χ1v) is 23.6. The van der Waals surface area contributed by atoms with E-state index in [1.54, 1.807) is 24.4 Å². The van der Waals surface area contributed by atoms with Gasteiger partial charge in [0.25, 0.3) is 0 Å². The maximum absolute atomic E-state index is 9.54. The molecule has 0 radical (unpaired) electrons. The van der Waals surface area contributed by atoms with Crippen LogP contribution in [0.15, 0.2) is 218 Å². The average molecular weight is 1090 g/mol. The summed E-state index contributed by atoms with van der Waals surface area (Å²) < 4.78 is 106. The molecule has 4 aromatic heterocycles. The molecule has 0 spiro atoms. The number of aromatic nitrogens is 5. The first-order valence-electron chi connectivity index (χ1n) is 27.4. The fourth-order valence-corrected chi connectivity index (χ4v) is 10.7. The molecule has 0 aliphatic carbocycles. The van der Waals surface area contributed by atoms with E-state index in [0.717, 1.165) is 55.1 Å². The van der Waals surface area contributed by atoms with Crippen LogP contribution in [0.3, 0.4) is 0 Å². The fourth-order valence-electron chi connectivity index (χ4n) is 9.62. The van der Waals surface area contributed by atoms with E-state index in [1.165, 1.54) is 0 Å². The molecule has 0 aliphatic heterocycles. The summed E-state index contributed by atoms with van der Waals surface area (Å²) in [6, 6.07) is 49.8. The van der Waals surface area contributed by atoms with Gasteiger partial charge in [0.05, 0.1) is 0 Å². The quantitative estimate of drug-likeness (QED) is 0.135. The molecule has 0 unspecified atom stereocenters. The molecule has 0 fully saturated rings. The van der Waals surface area contributed by atoms with Crippen LogP contribution in [0.25, 0.3) is 99.8 Å². The van der Waals surface area contributed by atoms with Crippen molar-refractivity contribution in [2.75, 3.05) is 19.0 Å². The van der Waals surface area contributed by atoms with Crippen LogP contribution in [-0.4, -0.2) is 37.3 Å². The summed E-state index contributed by atoms with van der Waals surface area (Å²) in [5, 5.41) is 3.83. The molecule has 0 atom stereocenters. The van der Waals surface area contributed by atoms with Gasteiger partial charge in [-0.3, -0.25) is 0 Å². The third-order valence-electron chi connectivity index (χ3n) is 12.6. The van der Waals surface area contributed by atoms with Crippen LogP contribution in [0.5, 0.6) is 11.5 Å². The van der Waals surface area contributed by atoms with E-state index in [0.29, 0.717) is 37.7 Å². The van der Waals surface area contributed by atoms with E-state index in [4.69, 9.17) is 17.9 Å². The minimum absolute atomic E-state index is 0.141. The number of fused-ring (bicyclic) bond motifs is 7. The van der Waals surface area contributed by atoms with E-state index in [-0.39, 0.29) is 27.9 Å². The van der Waals surface area contributed by atoms with Crippen LogP contribution in [-0.2, 0) is 19.4 Å². The molecule has 4 heterocycles. The predicted molar refractivity (Wildman–Crippen MR) is 282 cm³/mol. The summed E-state index contributed by atoms with van der Waals surface area (Å²) in [5.74, 6) is 1.51. The summed E-state index contributed by atoms with van der Waals surface area (Å²) in [6.45, 7) is 0. The van der Waals surface area contributed by atoms with Crippen molar-refractivity contribution >= 4 is 60.3 Å². The third-order valence-corrected chi connectivity index (χ3v) is 13.7. The van der Waals surface area contributed by atoms with Gasteiger partial charge in [-0.05, 0) is 6.07 Å². The third kappa shape index (κ3) is 6.84. The first-order chi connectivity index (χ1) is 38.6. The van der Waals surface area contributed by atoms with E-state index < -0.39 is 60.4 Å². The Morgan fingerprint density at radius 3 is 1.67 bits per heavy atom. The van der Waals surface area contributed by atoms with Crippen molar-refractivity contribution in [3.05, 3.63) is 234 Å². The van der Waals surface area contributed by atoms with Crippen LogP contribution in [0.4, 0.5) is 5.69 Å². The number of hydrogen-bond donors (Lipinski definition) is 0. The van der Waals surface area contributed by atoms with Gasteiger partial charge < -0.3 is 4.90 Å². The number of hydrogen-bond acceptors (Lipinski definition) is 3. The standard InChI is InChI=1S/C62H42N6O.Pt/c1-64(2)44-34-35-63-61(39-44)68-57-29-14-11-26-51(57)52-33-32-48(40-60(52)68)69-47-23-17-22-45(36-47)65-41-66(59-31-16-15-30-58(59)65)62-53(42-18-5-3-6-19-42)37-46(38-54(62)43-20-7-4-8-21-43)67-55-27-12-9-24-49(55)50-25-10-13-28-56(50)67;/h3-35,37-39H,1-2H3;/q-2;/i3D,4D,5D,6D,7D,8D,18D,19D,20D,21D;. The normalized spacial score (nSPS) is 13.7. The molecule has 0 N–H and O–H groups in total. The van der Waals surface area contributed by atoms with Crippen molar-refractivity contribution in [2.24, 2.45) is 0 Å². The monoisotopic (exact) mass is 1090 g/mol. The molecule has 0 amide bonds. The zero-order valence-corrected chi connectivity index (χ0v) is 39.7. The number of benzene rings is 9. The Labute approximate surface area is 429 Å². The molecule has 0 bridgehead atoms. The molecule has 9 aromatic carbocycles. The Bertz CT molecular complexity index is 4650. The van der Waals surface area contributed by atoms with Crippen molar-refractivity contribution in [1.29, 1.82) is 0 Å². The summed E-state index contributed by atoms with van der Waals surface area (Å²) in [4.78, 5) is 6.81. The van der Waals surface area contributed by atoms with Crippen LogP contribution < -0.4 is 9.64 Å². The van der Waals surface area contributed by atoms with Gasteiger partial charge in [0, 0.05) is 26.0 Å². The van der Waals surface area contributed by atoms with Gasteiger partial charge >= 0.3 is 382 Å². The molecule has 13 aromatic rings. The number of ether oxygens (including phenoxy) is 1. The van der Waals surface area contributed by atoms with Crippen molar-refractivity contribution in [3.63, 3.8) is 0 Å². The number of para-hydroxylation sites is 5. The van der Waals surface area contributed by atoms with E-state index in [9.17, 15) is 5.48 Å². The molecule has 0 aliphatic rings. The van der Waals surface area contributed by atoms with E-state index in [1.807, 2.05) is 154 Å². The van der Waals surface area contributed by atoms with Crippen molar-refractivity contribution < 1.29 is 37.8 Å². The number of pyridine rings is 1. The topological polar surface area (TPSA) is 45.1 Å². The van der Waals surface area contributed by atoms with Gasteiger partial charge in [0.2, 0.25) is 0 Å². The average Bonchev–Trinajstić information content (AvgIpc) is 4.29. The van der Waals surface area contributed by atoms with E-state index in [2.05, 4.69) is 48.2 Å². The van der Waals surface area contributed by atoms with Gasteiger partial charge in [-0.1, -0.05) is 12.1 Å². The molecule has 0 saturated carbocycles. The van der Waals surface area contributed by atoms with Crippen LogP contribution in [0, 0.1) is 15.9 Å². The van der Waals surface area contributed by atoms with Crippen LogP contribution >= 0.6 is 0 Å². The van der Waals surface area contributed by atoms with Crippen molar-refractivity contribution in [2.45, 2.75) is 0 Å². The Morgan fingerprint density at radius 1 is 0.514 bits per heavy atom. The molecule has 8 heteroatoms. The summed E-state index contributed by atoms with van der Waals surface area (Å²) in [7, 11) is 3.97. The maximum atomic E-state index is 9.54.